The first-order chi connectivity index (χ1) is 8.58. The van der Waals surface area contributed by atoms with E-state index in [9.17, 15) is 23.4 Å². The van der Waals surface area contributed by atoms with E-state index >= 15 is 0 Å². The number of hydrogen-bond donors (Lipinski definition) is 3. The molecule has 1 rings (SSSR count). The van der Waals surface area contributed by atoms with Crippen LogP contribution in [0.1, 0.15) is 25.5 Å². The van der Waals surface area contributed by atoms with Crippen LogP contribution in [0.2, 0.25) is 0 Å². The van der Waals surface area contributed by atoms with E-state index in [1.807, 2.05) is 0 Å². The van der Waals surface area contributed by atoms with Gasteiger partial charge in [-0.05, 0) is 6.07 Å². The molecule has 1 aromatic carbocycles. The highest BCUT2D eigenvalue weighted by Crippen LogP contribution is 2.41. The zero-order valence-corrected chi connectivity index (χ0v) is 11.8. The van der Waals surface area contributed by atoms with Crippen molar-refractivity contribution in [2.45, 2.75) is 26.3 Å². The largest absolute Gasteiger partial charge is 0.573 e. The Morgan fingerprint density at radius 1 is 1.30 bits per heavy atom. The molecule has 0 bridgehead atoms. The molecule has 0 aromatic heterocycles. The van der Waals surface area contributed by atoms with Crippen molar-refractivity contribution in [1.29, 1.82) is 0 Å². The van der Waals surface area contributed by atoms with Crippen LogP contribution in [0.25, 0.3) is 0 Å². The van der Waals surface area contributed by atoms with Crippen molar-refractivity contribution in [1.82, 2.24) is 0 Å². The highest BCUT2D eigenvalue weighted by Gasteiger charge is 2.34. The van der Waals surface area contributed by atoms with Gasteiger partial charge in [-0.3, -0.25) is 0 Å². The Hall–Kier alpha value is -1.18. The minimum atomic E-state index is -4.90. The van der Waals surface area contributed by atoms with Gasteiger partial charge in [0.15, 0.2) is 11.5 Å². The SMILES string of the molecule is CC(C)(CO)[C@@H](N)c1cccc(OC(F)(F)F)c1O.Cl. The molecule has 0 aliphatic heterocycles. The number of para-hydroxylation sites is 1. The lowest BCUT2D eigenvalue weighted by atomic mass is 9.81. The van der Waals surface area contributed by atoms with Gasteiger partial charge in [0.05, 0.1) is 0 Å². The summed E-state index contributed by atoms with van der Waals surface area (Å²) in [6, 6.07) is 2.84. The summed E-state index contributed by atoms with van der Waals surface area (Å²) in [6.45, 7) is 2.99. The number of alkyl halides is 3. The molecule has 0 amide bonds. The number of rotatable bonds is 4. The van der Waals surface area contributed by atoms with Crippen molar-refractivity contribution in [3.8, 4) is 11.5 Å². The van der Waals surface area contributed by atoms with E-state index in [2.05, 4.69) is 4.74 Å². The molecule has 0 spiro atoms. The van der Waals surface area contributed by atoms with Crippen molar-refractivity contribution in [2.75, 3.05) is 6.61 Å². The van der Waals surface area contributed by atoms with Crippen LogP contribution in [0.15, 0.2) is 18.2 Å². The van der Waals surface area contributed by atoms with Gasteiger partial charge in [0.2, 0.25) is 0 Å². The molecule has 4 N–H and O–H groups in total. The number of halogens is 4. The quantitative estimate of drug-likeness (QED) is 0.798. The summed E-state index contributed by atoms with van der Waals surface area (Å²) in [5.41, 5.74) is 5.15. The van der Waals surface area contributed by atoms with Gasteiger partial charge in [-0.25, -0.2) is 0 Å². The Labute approximate surface area is 120 Å². The number of nitrogens with two attached hydrogens (primary N) is 1. The molecule has 0 saturated heterocycles. The highest BCUT2D eigenvalue weighted by molar-refractivity contribution is 5.85. The Morgan fingerprint density at radius 3 is 2.30 bits per heavy atom. The van der Waals surface area contributed by atoms with Crippen LogP contribution in [0.3, 0.4) is 0 Å². The van der Waals surface area contributed by atoms with Gasteiger partial charge in [0.25, 0.3) is 0 Å². The molecule has 0 radical (unpaired) electrons. The Bertz CT molecular complexity index is 452. The Balaban J connectivity index is 0.00000361. The van der Waals surface area contributed by atoms with Crippen LogP contribution < -0.4 is 10.5 Å². The van der Waals surface area contributed by atoms with Crippen molar-refractivity contribution in [2.24, 2.45) is 11.1 Å². The minimum Gasteiger partial charge on any atom is -0.504 e. The second-order valence-corrected chi connectivity index (χ2v) is 4.87. The van der Waals surface area contributed by atoms with E-state index in [0.717, 1.165) is 6.07 Å². The van der Waals surface area contributed by atoms with Crippen LogP contribution in [0, 0.1) is 5.41 Å². The van der Waals surface area contributed by atoms with Crippen LogP contribution in [-0.2, 0) is 0 Å². The third kappa shape index (κ3) is 4.43. The molecule has 0 aliphatic rings. The fourth-order valence-electron chi connectivity index (χ4n) is 1.52. The van der Waals surface area contributed by atoms with Crippen LogP contribution in [0.5, 0.6) is 11.5 Å². The average Bonchev–Trinajstić information content (AvgIpc) is 2.29. The van der Waals surface area contributed by atoms with Crippen LogP contribution in [-0.4, -0.2) is 23.2 Å². The Kier molecular flexibility index (Phi) is 6.13. The molecule has 0 heterocycles. The van der Waals surface area contributed by atoms with E-state index in [1.54, 1.807) is 13.8 Å². The molecular weight excluding hydrogens is 299 g/mol. The van der Waals surface area contributed by atoms with Gasteiger partial charge in [0.1, 0.15) is 0 Å². The lowest BCUT2D eigenvalue weighted by molar-refractivity contribution is -0.275. The summed E-state index contributed by atoms with van der Waals surface area (Å²) >= 11 is 0. The standard InChI is InChI=1S/C12H16F3NO3.ClH/c1-11(2,6-17)10(16)7-4-3-5-8(9(7)18)19-12(13,14)15;/h3-5,10,17-18H,6,16H2,1-2H3;1H/t10-;/m0./s1. The normalized spacial score (nSPS) is 13.6. The first-order valence-electron chi connectivity index (χ1n) is 5.52. The molecule has 0 unspecified atom stereocenters. The summed E-state index contributed by atoms with van der Waals surface area (Å²) in [6.07, 6.45) is -4.90. The highest BCUT2D eigenvalue weighted by atomic mass is 35.5. The van der Waals surface area contributed by atoms with E-state index < -0.39 is 29.3 Å². The predicted molar refractivity (Wildman–Crippen MR) is 69.8 cm³/mol. The first kappa shape index (κ1) is 18.8. The molecule has 4 nitrogen and oxygen atoms in total. The summed E-state index contributed by atoms with van der Waals surface area (Å²) in [4.78, 5) is 0. The van der Waals surface area contributed by atoms with Crippen molar-refractivity contribution in [3.05, 3.63) is 23.8 Å². The van der Waals surface area contributed by atoms with Crippen LogP contribution in [0.4, 0.5) is 13.2 Å². The number of phenols is 1. The first-order valence-corrected chi connectivity index (χ1v) is 5.52. The van der Waals surface area contributed by atoms with Gasteiger partial charge < -0.3 is 20.7 Å². The van der Waals surface area contributed by atoms with Crippen molar-refractivity contribution in [3.63, 3.8) is 0 Å². The fourth-order valence-corrected chi connectivity index (χ4v) is 1.52. The molecule has 1 atom stereocenters. The second-order valence-electron chi connectivity index (χ2n) is 4.87. The summed E-state index contributed by atoms with van der Waals surface area (Å²) in [5.74, 6) is -1.39. The fraction of sp³-hybridized carbons (Fsp3) is 0.500. The lowest BCUT2D eigenvalue weighted by Crippen LogP contribution is -2.32. The second kappa shape index (κ2) is 6.51. The summed E-state index contributed by atoms with van der Waals surface area (Å²) in [5, 5.41) is 19.0. The van der Waals surface area contributed by atoms with E-state index in [4.69, 9.17) is 5.73 Å². The van der Waals surface area contributed by atoms with E-state index in [-0.39, 0.29) is 24.6 Å². The summed E-state index contributed by atoms with van der Waals surface area (Å²) < 4.78 is 40.2. The molecule has 116 valence electrons. The topological polar surface area (TPSA) is 75.7 Å². The maximum absolute atomic E-state index is 12.1. The van der Waals surface area contributed by atoms with Crippen molar-refractivity contribution < 1.29 is 28.1 Å². The number of ether oxygens (including phenoxy) is 1. The van der Waals surface area contributed by atoms with Crippen molar-refractivity contribution >= 4 is 12.4 Å². The molecule has 8 heteroatoms. The zero-order chi connectivity index (χ0) is 14.8. The molecule has 0 saturated carbocycles. The maximum atomic E-state index is 12.1. The van der Waals surface area contributed by atoms with Crippen LogP contribution >= 0.6 is 12.4 Å². The molecule has 0 fully saturated rings. The van der Waals surface area contributed by atoms with Gasteiger partial charge in [-0.15, -0.1) is 25.6 Å². The Morgan fingerprint density at radius 2 is 1.85 bits per heavy atom. The molecule has 20 heavy (non-hydrogen) atoms. The number of aliphatic hydroxyl groups is 1. The maximum Gasteiger partial charge on any atom is 0.573 e. The molecular formula is C12H17ClF3NO3. The third-order valence-electron chi connectivity index (χ3n) is 2.84. The number of phenolic OH excluding ortho intramolecular Hbond substituents is 1. The molecule has 1 aromatic rings. The number of benzene rings is 1. The smallest absolute Gasteiger partial charge is 0.504 e. The number of aliphatic hydroxyl groups excluding tert-OH is 1. The molecule has 0 aliphatic carbocycles. The minimum absolute atomic E-state index is 0. The zero-order valence-electron chi connectivity index (χ0n) is 10.9. The lowest BCUT2D eigenvalue weighted by Gasteiger charge is -2.30. The van der Waals surface area contributed by atoms with E-state index in [1.165, 1.54) is 12.1 Å². The van der Waals surface area contributed by atoms with Gasteiger partial charge in [-0.2, -0.15) is 0 Å². The van der Waals surface area contributed by atoms with Gasteiger partial charge in [-0.1, -0.05) is 26.0 Å². The third-order valence-corrected chi connectivity index (χ3v) is 2.84. The number of hydrogen-bond acceptors (Lipinski definition) is 4. The van der Waals surface area contributed by atoms with Gasteiger partial charge in [0, 0.05) is 23.6 Å². The predicted octanol–water partition coefficient (Wildman–Crippen LogP) is 2.73. The van der Waals surface area contributed by atoms with E-state index in [0.29, 0.717) is 0 Å². The summed E-state index contributed by atoms with van der Waals surface area (Å²) in [7, 11) is 0. The average molecular weight is 316 g/mol. The number of aromatic hydroxyl groups is 1. The van der Waals surface area contributed by atoms with Gasteiger partial charge >= 0.3 is 6.36 Å². The monoisotopic (exact) mass is 315 g/mol.